The third kappa shape index (κ3) is 4.42. The van der Waals surface area contributed by atoms with Gasteiger partial charge >= 0.3 is 0 Å². The molecule has 2 heterocycles. The summed E-state index contributed by atoms with van der Waals surface area (Å²) in [4.78, 5) is 15.9. The Bertz CT molecular complexity index is 1070. The van der Waals surface area contributed by atoms with Gasteiger partial charge in [-0.25, -0.2) is 13.1 Å². The largest absolute Gasteiger partial charge is 0.338 e. The highest BCUT2D eigenvalue weighted by molar-refractivity contribution is 7.89. The molecule has 1 aromatic heterocycles. The van der Waals surface area contributed by atoms with Crippen molar-refractivity contribution in [2.45, 2.75) is 23.8 Å². The molecule has 0 unspecified atom stereocenters. The number of hydrogen-bond acceptors (Lipinski definition) is 4. The van der Waals surface area contributed by atoms with Crippen molar-refractivity contribution in [3.05, 3.63) is 77.0 Å². The van der Waals surface area contributed by atoms with Crippen LogP contribution >= 0.6 is 11.3 Å². The number of sulfonamides is 1. The van der Waals surface area contributed by atoms with E-state index >= 15 is 0 Å². The summed E-state index contributed by atoms with van der Waals surface area (Å²) in [7, 11) is -3.53. The molecule has 7 heteroatoms. The van der Waals surface area contributed by atoms with E-state index in [9.17, 15) is 13.2 Å². The highest BCUT2D eigenvalue weighted by atomic mass is 32.2. The van der Waals surface area contributed by atoms with E-state index in [1.165, 1.54) is 11.3 Å². The number of benzene rings is 2. The van der Waals surface area contributed by atoms with Crippen LogP contribution in [0.5, 0.6) is 0 Å². The number of piperidine rings is 1. The molecule has 0 saturated carbocycles. The van der Waals surface area contributed by atoms with E-state index in [0.717, 1.165) is 16.0 Å². The maximum Gasteiger partial charge on any atom is 0.264 e. The van der Waals surface area contributed by atoms with Crippen molar-refractivity contribution in [1.82, 2.24) is 9.62 Å². The van der Waals surface area contributed by atoms with Gasteiger partial charge in [-0.2, -0.15) is 0 Å². The lowest BCUT2D eigenvalue weighted by Crippen LogP contribution is -2.46. The number of rotatable bonds is 5. The van der Waals surface area contributed by atoms with Crippen LogP contribution in [0.3, 0.4) is 0 Å². The van der Waals surface area contributed by atoms with Crippen molar-refractivity contribution < 1.29 is 13.2 Å². The summed E-state index contributed by atoms with van der Waals surface area (Å²) in [6, 6.07) is 20.1. The smallest absolute Gasteiger partial charge is 0.264 e. The van der Waals surface area contributed by atoms with Crippen LogP contribution in [0.4, 0.5) is 0 Å². The number of hydrogen-bond donors (Lipinski definition) is 1. The highest BCUT2D eigenvalue weighted by Crippen LogP contribution is 2.30. The molecule has 0 radical (unpaired) electrons. The fraction of sp³-hybridized carbons (Fsp3) is 0.227. The Balaban J connectivity index is 1.41. The Morgan fingerprint density at radius 1 is 0.931 bits per heavy atom. The second kappa shape index (κ2) is 8.49. The summed E-state index contributed by atoms with van der Waals surface area (Å²) in [5, 5.41) is 1.94. The molecule has 1 aliphatic rings. The molecule has 4 rings (SSSR count). The quantitative estimate of drug-likeness (QED) is 0.671. The molecule has 3 aromatic rings. The fourth-order valence-electron chi connectivity index (χ4n) is 3.55. The van der Waals surface area contributed by atoms with E-state index in [1.807, 2.05) is 46.7 Å². The van der Waals surface area contributed by atoms with E-state index in [0.29, 0.717) is 25.9 Å². The molecule has 0 atom stereocenters. The van der Waals surface area contributed by atoms with Crippen molar-refractivity contribution in [3.63, 3.8) is 0 Å². The van der Waals surface area contributed by atoms with Crippen molar-refractivity contribution in [2.24, 2.45) is 0 Å². The lowest BCUT2D eigenvalue weighted by Gasteiger charge is -2.32. The molecular weight excluding hydrogens is 404 g/mol. The van der Waals surface area contributed by atoms with Crippen LogP contribution in [-0.2, 0) is 10.0 Å². The molecular formula is C22H22N2O3S2. The summed E-state index contributed by atoms with van der Waals surface area (Å²) in [6.07, 6.45) is 1.20. The Morgan fingerprint density at radius 3 is 2.21 bits per heavy atom. The summed E-state index contributed by atoms with van der Waals surface area (Å²) in [5.74, 6) is 0.0169. The van der Waals surface area contributed by atoms with Gasteiger partial charge in [0.05, 0.1) is 9.77 Å². The average Bonchev–Trinajstić information content (AvgIpc) is 3.25. The molecule has 0 spiro atoms. The lowest BCUT2D eigenvalue weighted by molar-refractivity contribution is 0.0717. The zero-order valence-corrected chi connectivity index (χ0v) is 17.5. The minimum absolute atomic E-state index is 0.0169. The Labute approximate surface area is 175 Å². The van der Waals surface area contributed by atoms with E-state index in [1.54, 1.807) is 30.3 Å². The molecule has 1 saturated heterocycles. The Morgan fingerprint density at radius 2 is 1.55 bits per heavy atom. The first-order valence-corrected chi connectivity index (χ1v) is 11.9. The monoisotopic (exact) mass is 426 g/mol. The van der Waals surface area contributed by atoms with Gasteiger partial charge in [-0.15, -0.1) is 11.3 Å². The summed E-state index contributed by atoms with van der Waals surface area (Å²) >= 11 is 1.45. The molecule has 0 bridgehead atoms. The molecule has 29 heavy (non-hydrogen) atoms. The van der Waals surface area contributed by atoms with Crippen molar-refractivity contribution in [2.75, 3.05) is 13.1 Å². The first kappa shape index (κ1) is 19.8. The van der Waals surface area contributed by atoms with Gasteiger partial charge in [0.25, 0.3) is 5.91 Å². The average molecular weight is 427 g/mol. The van der Waals surface area contributed by atoms with Crippen LogP contribution in [-0.4, -0.2) is 38.4 Å². The number of thiophene rings is 1. The minimum atomic E-state index is -3.53. The van der Waals surface area contributed by atoms with Crippen LogP contribution in [0, 0.1) is 0 Å². The summed E-state index contributed by atoms with van der Waals surface area (Å²) in [5.41, 5.74) is 1.98. The second-order valence-electron chi connectivity index (χ2n) is 7.03. The third-order valence-corrected chi connectivity index (χ3v) is 7.54. The number of amides is 1. The standard InChI is InChI=1S/C22H22N2O3S2/c25-22(21-20(13-16-28-21)17-7-3-1-4-8-17)24-14-11-18(12-15-24)23-29(26,27)19-9-5-2-6-10-19/h1-10,13,16,18,23H,11-12,14-15H2. The topological polar surface area (TPSA) is 66.5 Å². The van der Waals surface area contributed by atoms with E-state index in [4.69, 9.17) is 0 Å². The summed E-state index contributed by atoms with van der Waals surface area (Å²) < 4.78 is 27.8. The van der Waals surface area contributed by atoms with Gasteiger partial charge in [0, 0.05) is 24.7 Å². The molecule has 1 N–H and O–H groups in total. The third-order valence-electron chi connectivity index (χ3n) is 5.10. The maximum atomic E-state index is 13.1. The first-order chi connectivity index (χ1) is 14.0. The van der Waals surface area contributed by atoms with Crippen LogP contribution in [0.2, 0.25) is 0 Å². The maximum absolute atomic E-state index is 13.1. The Hall–Kier alpha value is -2.48. The molecule has 2 aromatic carbocycles. The number of likely N-dealkylation sites (tertiary alicyclic amines) is 1. The lowest BCUT2D eigenvalue weighted by atomic mass is 10.0. The van der Waals surface area contributed by atoms with E-state index in [-0.39, 0.29) is 16.8 Å². The van der Waals surface area contributed by atoms with Crippen molar-refractivity contribution in [1.29, 1.82) is 0 Å². The van der Waals surface area contributed by atoms with Gasteiger partial charge in [-0.1, -0.05) is 48.5 Å². The van der Waals surface area contributed by atoms with Gasteiger partial charge in [0.15, 0.2) is 0 Å². The highest BCUT2D eigenvalue weighted by Gasteiger charge is 2.28. The number of nitrogens with one attached hydrogen (secondary N) is 1. The molecule has 5 nitrogen and oxygen atoms in total. The van der Waals surface area contributed by atoms with Gasteiger partial charge < -0.3 is 4.90 Å². The van der Waals surface area contributed by atoms with Crippen LogP contribution in [0.25, 0.3) is 11.1 Å². The number of nitrogens with zero attached hydrogens (tertiary/aromatic N) is 1. The van der Waals surface area contributed by atoms with E-state index in [2.05, 4.69) is 4.72 Å². The van der Waals surface area contributed by atoms with Crippen LogP contribution in [0.15, 0.2) is 77.0 Å². The van der Waals surface area contributed by atoms with Gasteiger partial charge in [-0.05, 0) is 42.0 Å². The molecule has 1 aliphatic heterocycles. The van der Waals surface area contributed by atoms with Crippen molar-refractivity contribution >= 4 is 27.3 Å². The predicted octanol–water partition coefficient (Wildman–Crippen LogP) is 4.00. The predicted molar refractivity (Wildman–Crippen MR) is 115 cm³/mol. The van der Waals surface area contributed by atoms with Crippen molar-refractivity contribution in [3.8, 4) is 11.1 Å². The fourth-order valence-corrected chi connectivity index (χ4v) is 5.76. The van der Waals surface area contributed by atoms with Gasteiger partial charge in [0.1, 0.15) is 0 Å². The molecule has 150 valence electrons. The zero-order valence-electron chi connectivity index (χ0n) is 15.8. The first-order valence-electron chi connectivity index (χ1n) is 9.54. The van der Waals surface area contributed by atoms with Crippen LogP contribution in [0.1, 0.15) is 22.5 Å². The minimum Gasteiger partial charge on any atom is -0.338 e. The Kier molecular flexibility index (Phi) is 5.80. The second-order valence-corrected chi connectivity index (χ2v) is 9.66. The normalized spacial score (nSPS) is 15.4. The number of carbonyl (C=O) groups is 1. The van der Waals surface area contributed by atoms with Gasteiger partial charge in [-0.3, -0.25) is 4.79 Å². The summed E-state index contributed by atoms with van der Waals surface area (Å²) in [6.45, 7) is 1.07. The van der Waals surface area contributed by atoms with Crippen LogP contribution < -0.4 is 4.72 Å². The molecule has 1 amide bonds. The SMILES string of the molecule is O=C(c1sccc1-c1ccccc1)N1CCC(NS(=O)(=O)c2ccccc2)CC1. The number of carbonyl (C=O) groups excluding carboxylic acids is 1. The molecule has 0 aliphatic carbocycles. The zero-order chi connectivity index (χ0) is 20.3. The van der Waals surface area contributed by atoms with E-state index < -0.39 is 10.0 Å². The van der Waals surface area contributed by atoms with Gasteiger partial charge in [0.2, 0.25) is 10.0 Å². The molecule has 1 fully saturated rings.